The molecule has 0 aliphatic heterocycles. The van der Waals surface area contributed by atoms with Gasteiger partial charge in [-0.15, -0.1) is 0 Å². The molecule has 1 aliphatic carbocycles. The Morgan fingerprint density at radius 3 is 2.53 bits per heavy atom. The second-order valence-corrected chi connectivity index (χ2v) is 8.98. The number of alkyl carbamates (subject to hydrolysis) is 1. The summed E-state index contributed by atoms with van der Waals surface area (Å²) in [4.78, 5) is 16.3. The van der Waals surface area contributed by atoms with E-state index in [0.29, 0.717) is 24.2 Å². The zero-order valence-corrected chi connectivity index (χ0v) is 18.1. The molecule has 1 amide bonds. The highest BCUT2D eigenvalue weighted by atomic mass is 16.6. The Labute approximate surface area is 177 Å². The number of amides is 1. The number of hydrogen-bond donors (Lipinski definition) is 3. The fourth-order valence-electron chi connectivity index (χ4n) is 4.04. The van der Waals surface area contributed by atoms with Crippen molar-refractivity contribution in [1.29, 1.82) is 0 Å². The smallest absolute Gasteiger partial charge is 0.407 e. The van der Waals surface area contributed by atoms with E-state index in [-0.39, 0.29) is 12.0 Å². The van der Waals surface area contributed by atoms with Gasteiger partial charge in [-0.05, 0) is 70.1 Å². The van der Waals surface area contributed by atoms with Crippen LogP contribution >= 0.6 is 0 Å². The van der Waals surface area contributed by atoms with E-state index in [4.69, 9.17) is 9.47 Å². The number of fused-ring (bicyclic) bond motifs is 1. The van der Waals surface area contributed by atoms with Crippen molar-refractivity contribution < 1.29 is 24.5 Å². The first-order chi connectivity index (χ1) is 14.2. The molecule has 1 aliphatic rings. The number of aliphatic hydroxyl groups excluding tert-OH is 2. The Balaban J connectivity index is 1.63. The molecule has 1 aromatic heterocycles. The monoisotopic (exact) mass is 416 g/mol. The highest BCUT2D eigenvalue weighted by Crippen LogP contribution is 2.35. The van der Waals surface area contributed by atoms with Crippen molar-refractivity contribution in [2.75, 3.05) is 7.11 Å². The Morgan fingerprint density at radius 2 is 1.90 bits per heavy atom. The van der Waals surface area contributed by atoms with Crippen LogP contribution in [0.25, 0.3) is 10.9 Å². The van der Waals surface area contributed by atoms with Gasteiger partial charge >= 0.3 is 6.09 Å². The van der Waals surface area contributed by atoms with E-state index in [0.717, 1.165) is 23.7 Å². The van der Waals surface area contributed by atoms with Crippen LogP contribution in [0.5, 0.6) is 5.75 Å². The van der Waals surface area contributed by atoms with Crippen molar-refractivity contribution >= 4 is 17.0 Å². The van der Waals surface area contributed by atoms with Gasteiger partial charge in [0.15, 0.2) is 0 Å². The lowest BCUT2D eigenvalue weighted by molar-refractivity contribution is -0.0303. The number of benzene rings is 1. The standard InChI is InChI=1S/C23H32N2O5/c1-23(2,3)30-22(28)25-15-10-8-14(9-11-15)20(26)21(27)17-6-5-7-19-18(17)12-16(29-4)13-24-19/h5-7,12-15,20-21,26-27H,8-11H2,1-4H3,(H,25,28)/t14-,15-,20?,21?. The maximum absolute atomic E-state index is 12.0. The largest absolute Gasteiger partial charge is 0.495 e. The van der Waals surface area contributed by atoms with Gasteiger partial charge in [0.25, 0.3) is 0 Å². The molecule has 3 rings (SSSR count). The van der Waals surface area contributed by atoms with E-state index in [1.807, 2.05) is 45.0 Å². The fourth-order valence-corrected chi connectivity index (χ4v) is 4.04. The minimum atomic E-state index is -1.03. The third-order valence-electron chi connectivity index (χ3n) is 5.59. The van der Waals surface area contributed by atoms with E-state index in [9.17, 15) is 15.0 Å². The summed E-state index contributed by atoms with van der Waals surface area (Å²) in [5, 5.41) is 25.5. The fraction of sp³-hybridized carbons (Fsp3) is 0.565. The van der Waals surface area contributed by atoms with Gasteiger partial charge in [-0.25, -0.2) is 4.79 Å². The van der Waals surface area contributed by atoms with Gasteiger partial charge in [-0.1, -0.05) is 12.1 Å². The number of ether oxygens (including phenoxy) is 2. The third-order valence-corrected chi connectivity index (χ3v) is 5.59. The summed E-state index contributed by atoms with van der Waals surface area (Å²) in [5.74, 6) is 0.552. The molecule has 2 aromatic rings. The minimum absolute atomic E-state index is 0.0199. The Morgan fingerprint density at radius 1 is 1.20 bits per heavy atom. The number of pyridine rings is 1. The Hall–Kier alpha value is -2.38. The number of hydrogen-bond acceptors (Lipinski definition) is 6. The van der Waals surface area contributed by atoms with E-state index in [2.05, 4.69) is 10.3 Å². The molecule has 3 N–H and O–H groups in total. The SMILES string of the molecule is COc1cnc2cccc(C(O)C(O)[C@H]3CC[C@H](NC(=O)OC(C)(C)C)CC3)c2c1. The van der Waals surface area contributed by atoms with Crippen LogP contribution in [0.15, 0.2) is 30.5 Å². The molecular weight excluding hydrogens is 384 g/mol. The van der Waals surface area contributed by atoms with Crippen LogP contribution < -0.4 is 10.1 Å². The average Bonchev–Trinajstić information content (AvgIpc) is 2.71. The number of methoxy groups -OCH3 is 1. The quantitative estimate of drug-likeness (QED) is 0.687. The number of nitrogens with one attached hydrogen (secondary N) is 1. The number of carbonyl (C=O) groups is 1. The molecule has 1 fully saturated rings. The predicted molar refractivity (Wildman–Crippen MR) is 114 cm³/mol. The summed E-state index contributed by atoms with van der Waals surface area (Å²) in [7, 11) is 1.57. The molecule has 30 heavy (non-hydrogen) atoms. The van der Waals surface area contributed by atoms with E-state index >= 15 is 0 Å². The lowest BCUT2D eigenvalue weighted by Crippen LogP contribution is -2.42. The summed E-state index contributed by atoms with van der Waals surface area (Å²) < 4.78 is 10.6. The number of carbonyl (C=O) groups excluding carboxylic acids is 1. The summed E-state index contributed by atoms with van der Waals surface area (Å²) in [6.07, 6.45) is 2.19. The van der Waals surface area contributed by atoms with Gasteiger partial charge in [0.05, 0.1) is 24.9 Å². The van der Waals surface area contributed by atoms with E-state index < -0.39 is 23.9 Å². The molecule has 1 heterocycles. The first-order valence-electron chi connectivity index (χ1n) is 10.5. The first-order valence-corrected chi connectivity index (χ1v) is 10.5. The molecule has 0 spiro atoms. The van der Waals surface area contributed by atoms with Crippen LogP contribution in [0.3, 0.4) is 0 Å². The first kappa shape index (κ1) is 22.3. The maximum atomic E-state index is 12.0. The molecule has 164 valence electrons. The van der Waals surface area contributed by atoms with E-state index in [1.54, 1.807) is 13.3 Å². The van der Waals surface area contributed by atoms with Crippen molar-refractivity contribution in [3.63, 3.8) is 0 Å². The van der Waals surface area contributed by atoms with Crippen LogP contribution in [0.4, 0.5) is 4.79 Å². The molecule has 2 unspecified atom stereocenters. The van der Waals surface area contributed by atoms with Crippen molar-refractivity contribution in [3.8, 4) is 5.75 Å². The maximum Gasteiger partial charge on any atom is 0.407 e. The van der Waals surface area contributed by atoms with E-state index in [1.165, 1.54) is 0 Å². The van der Waals surface area contributed by atoms with Crippen LogP contribution in [-0.4, -0.2) is 46.1 Å². The Kier molecular flexibility index (Phi) is 6.83. The van der Waals surface area contributed by atoms with Crippen molar-refractivity contribution in [2.24, 2.45) is 5.92 Å². The second kappa shape index (κ2) is 9.18. The molecule has 0 radical (unpaired) electrons. The summed E-state index contributed by atoms with van der Waals surface area (Å²) >= 11 is 0. The molecule has 7 heteroatoms. The normalized spacial score (nSPS) is 21.7. The molecule has 7 nitrogen and oxygen atoms in total. The van der Waals surface area contributed by atoms with Crippen LogP contribution in [0.1, 0.15) is 58.1 Å². The average molecular weight is 417 g/mol. The third kappa shape index (κ3) is 5.40. The van der Waals surface area contributed by atoms with Crippen LogP contribution in [0.2, 0.25) is 0 Å². The molecule has 0 saturated heterocycles. The highest BCUT2D eigenvalue weighted by Gasteiger charge is 2.33. The van der Waals surface area contributed by atoms with Gasteiger partial charge in [-0.3, -0.25) is 4.98 Å². The highest BCUT2D eigenvalue weighted by molar-refractivity contribution is 5.83. The predicted octanol–water partition coefficient (Wildman–Crippen LogP) is 3.72. The lowest BCUT2D eigenvalue weighted by atomic mass is 9.79. The molecule has 2 atom stereocenters. The topological polar surface area (TPSA) is 101 Å². The van der Waals surface area contributed by atoms with Gasteiger partial charge < -0.3 is 25.0 Å². The summed E-state index contributed by atoms with van der Waals surface area (Å²) in [6.45, 7) is 5.50. The number of aliphatic hydroxyl groups is 2. The molecular formula is C23H32N2O5. The minimum Gasteiger partial charge on any atom is -0.495 e. The van der Waals surface area contributed by atoms with Crippen LogP contribution in [-0.2, 0) is 4.74 Å². The van der Waals surface area contributed by atoms with Gasteiger partial charge in [0.2, 0.25) is 0 Å². The van der Waals surface area contributed by atoms with Crippen LogP contribution in [0, 0.1) is 5.92 Å². The second-order valence-electron chi connectivity index (χ2n) is 8.98. The lowest BCUT2D eigenvalue weighted by Gasteiger charge is -2.34. The van der Waals surface area contributed by atoms with Crippen molar-refractivity contribution in [2.45, 2.75) is 70.3 Å². The van der Waals surface area contributed by atoms with Gasteiger partial charge in [0.1, 0.15) is 17.5 Å². The molecule has 1 saturated carbocycles. The number of nitrogens with zero attached hydrogens (tertiary/aromatic N) is 1. The zero-order chi connectivity index (χ0) is 21.9. The summed E-state index contributed by atoms with van der Waals surface area (Å²) in [5.41, 5.74) is 0.850. The Bertz CT molecular complexity index is 872. The van der Waals surface area contributed by atoms with Crippen molar-refractivity contribution in [3.05, 3.63) is 36.0 Å². The van der Waals surface area contributed by atoms with Gasteiger partial charge in [-0.2, -0.15) is 0 Å². The number of aromatic nitrogens is 1. The van der Waals surface area contributed by atoms with Crippen molar-refractivity contribution in [1.82, 2.24) is 10.3 Å². The van der Waals surface area contributed by atoms with Gasteiger partial charge in [0, 0.05) is 11.4 Å². The number of rotatable bonds is 5. The summed E-state index contributed by atoms with van der Waals surface area (Å²) in [6, 6.07) is 7.36. The zero-order valence-electron chi connectivity index (χ0n) is 18.1. The molecule has 0 bridgehead atoms. The molecule has 1 aromatic carbocycles.